The second-order valence-corrected chi connectivity index (χ2v) is 6.83. The SMILES string of the molecule is CCOC(=O)c1ccc(N2C(=O)C[C@H](N3CCN(CC(N)=O)CC3)C2=O)cc1. The van der Waals surface area contributed by atoms with E-state index in [2.05, 4.69) is 0 Å². The Morgan fingerprint density at radius 1 is 1.11 bits per heavy atom. The van der Waals surface area contributed by atoms with Crippen molar-refractivity contribution < 1.29 is 23.9 Å². The monoisotopic (exact) mass is 388 g/mol. The van der Waals surface area contributed by atoms with E-state index in [4.69, 9.17) is 10.5 Å². The van der Waals surface area contributed by atoms with Crippen molar-refractivity contribution in [2.24, 2.45) is 5.73 Å². The van der Waals surface area contributed by atoms with Gasteiger partial charge in [-0.15, -0.1) is 0 Å². The van der Waals surface area contributed by atoms with Crippen molar-refractivity contribution in [3.8, 4) is 0 Å². The largest absolute Gasteiger partial charge is 0.462 e. The highest BCUT2D eigenvalue weighted by Crippen LogP contribution is 2.26. The zero-order chi connectivity index (χ0) is 20.3. The Morgan fingerprint density at radius 3 is 2.32 bits per heavy atom. The summed E-state index contributed by atoms with van der Waals surface area (Å²) in [5.41, 5.74) is 6.03. The number of hydrogen-bond acceptors (Lipinski definition) is 7. The molecule has 2 heterocycles. The fraction of sp³-hybridized carbons (Fsp3) is 0.474. The number of rotatable bonds is 6. The summed E-state index contributed by atoms with van der Waals surface area (Å²) in [7, 11) is 0. The fourth-order valence-corrected chi connectivity index (χ4v) is 3.59. The average molecular weight is 388 g/mol. The third-order valence-corrected chi connectivity index (χ3v) is 4.99. The number of ether oxygens (including phenoxy) is 1. The van der Waals surface area contributed by atoms with Crippen LogP contribution in [0.3, 0.4) is 0 Å². The van der Waals surface area contributed by atoms with Crippen LogP contribution in [0.5, 0.6) is 0 Å². The standard InChI is InChI=1S/C19H24N4O5/c1-2-28-19(27)13-3-5-14(6-4-13)23-17(25)11-15(18(23)26)22-9-7-21(8-10-22)12-16(20)24/h3-6,15H,2,7-12H2,1H3,(H2,20,24)/t15-/m0/s1. The molecule has 2 aliphatic heterocycles. The number of anilines is 1. The number of nitrogens with zero attached hydrogens (tertiary/aromatic N) is 3. The van der Waals surface area contributed by atoms with Gasteiger partial charge in [-0.3, -0.25) is 24.2 Å². The number of hydrogen-bond donors (Lipinski definition) is 1. The van der Waals surface area contributed by atoms with Crippen LogP contribution < -0.4 is 10.6 Å². The van der Waals surface area contributed by atoms with Crippen LogP contribution in [0.1, 0.15) is 23.7 Å². The van der Waals surface area contributed by atoms with Crippen molar-refractivity contribution in [1.29, 1.82) is 0 Å². The average Bonchev–Trinajstić information content (AvgIpc) is 2.96. The summed E-state index contributed by atoms with van der Waals surface area (Å²) in [6.07, 6.45) is 0.119. The van der Waals surface area contributed by atoms with E-state index in [9.17, 15) is 19.2 Å². The van der Waals surface area contributed by atoms with Crippen LogP contribution in [0.25, 0.3) is 0 Å². The highest BCUT2D eigenvalue weighted by Gasteiger charge is 2.43. The van der Waals surface area contributed by atoms with Gasteiger partial charge in [-0.05, 0) is 31.2 Å². The van der Waals surface area contributed by atoms with E-state index in [1.165, 1.54) is 4.90 Å². The van der Waals surface area contributed by atoms with Crippen LogP contribution in [-0.2, 0) is 19.1 Å². The van der Waals surface area contributed by atoms with Gasteiger partial charge in [-0.1, -0.05) is 0 Å². The van der Waals surface area contributed by atoms with Crippen LogP contribution in [0.15, 0.2) is 24.3 Å². The number of benzene rings is 1. The molecule has 0 spiro atoms. The number of imide groups is 1. The van der Waals surface area contributed by atoms with Gasteiger partial charge < -0.3 is 10.5 Å². The molecule has 150 valence electrons. The van der Waals surface area contributed by atoms with Gasteiger partial charge in [0, 0.05) is 26.2 Å². The molecule has 0 aromatic heterocycles. The molecular formula is C19H24N4O5. The maximum atomic E-state index is 12.9. The molecule has 1 aromatic rings. The Labute approximate surface area is 163 Å². The van der Waals surface area contributed by atoms with E-state index in [-0.39, 0.29) is 37.3 Å². The van der Waals surface area contributed by atoms with E-state index >= 15 is 0 Å². The van der Waals surface area contributed by atoms with Crippen molar-refractivity contribution in [1.82, 2.24) is 9.80 Å². The maximum absolute atomic E-state index is 12.9. The van der Waals surface area contributed by atoms with Gasteiger partial charge in [0.2, 0.25) is 11.8 Å². The number of nitrogens with two attached hydrogens (primary N) is 1. The summed E-state index contributed by atoms with van der Waals surface area (Å²) < 4.78 is 4.94. The van der Waals surface area contributed by atoms with Gasteiger partial charge in [0.25, 0.3) is 5.91 Å². The zero-order valence-corrected chi connectivity index (χ0v) is 15.8. The smallest absolute Gasteiger partial charge is 0.338 e. The van der Waals surface area contributed by atoms with E-state index < -0.39 is 12.0 Å². The number of primary amides is 1. The Hall–Kier alpha value is -2.78. The summed E-state index contributed by atoms with van der Waals surface area (Å²) in [4.78, 5) is 53.2. The second-order valence-electron chi connectivity index (χ2n) is 6.83. The summed E-state index contributed by atoms with van der Waals surface area (Å²) in [5.74, 6) is -1.35. The molecule has 2 aliphatic rings. The second kappa shape index (κ2) is 8.49. The van der Waals surface area contributed by atoms with E-state index in [1.807, 2.05) is 9.80 Å². The molecule has 2 saturated heterocycles. The molecule has 28 heavy (non-hydrogen) atoms. The quantitative estimate of drug-likeness (QED) is 0.521. The molecule has 9 nitrogen and oxygen atoms in total. The van der Waals surface area contributed by atoms with Crippen molar-refractivity contribution in [2.75, 3.05) is 44.2 Å². The van der Waals surface area contributed by atoms with Crippen molar-refractivity contribution in [3.05, 3.63) is 29.8 Å². The van der Waals surface area contributed by atoms with Crippen LogP contribution in [0.4, 0.5) is 5.69 Å². The number of carbonyl (C=O) groups is 4. The summed E-state index contributed by atoms with van der Waals surface area (Å²) in [6.45, 7) is 4.62. The van der Waals surface area contributed by atoms with Crippen molar-refractivity contribution in [2.45, 2.75) is 19.4 Å². The maximum Gasteiger partial charge on any atom is 0.338 e. The number of amides is 3. The lowest BCUT2D eigenvalue weighted by atomic mass is 10.1. The number of esters is 1. The predicted octanol–water partition coefficient (Wildman–Crippen LogP) is -0.402. The molecule has 2 fully saturated rings. The van der Waals surface area contributed by atoms with Crippen molar-refractivity contribution in [3.63, 3.8) is 0 Å². The Balaban J connectivity index is 1.65. The third-order valence-electron chi connectivity index (χ3n) is 4.99. The topological polar surface area (TPSA) is 113 Å². The molecule has 0 bridgehead atoms. The third kappa shape index (κ3) is 4.20. The molecule has 0 saturated carbocycles. The summed E-state index contributed by atoms with van der Waals surface area (Å²) in [5, 5.41) is 0. The Kier molecular flexibility index (Phi) is 6.05. The molecule has 1 aromatic carbocycles. The zero-order valence-electron chi connectivity index (χ0n) is 15.8. The fourth-order valence-electron chi connectivity index (χ4n) is 3.59. The molecule has 2 N–H and O–H groups in total. The first kappa shape index (κ1) is 20.0. The van der Waals surface area contributed by atoms with E-state index in [1.54, 1.807) is 31.2 Å². The molecule has 0 aliphatic carbocycles. The van der Waals surface area contributed by atoms with Crippen LogP contribution in [-0.4, -0.2) is 78.9 Å². The van der Waals surface area contributed by atoms with Gasteiger partial charge >= 0.3 is 5.97 Å². The van der Waals surface area contributed by atoms with Crippen LogP contribution in [0, 0.1) is 0 Å². The molecule has 0 radical (unpaired) electrons. The van der Waals surface area contributed by atoms with Crippen LogP contribution in [0.2, 0.25) is 0 Å². The predicted molar refractivity (Wildman–Crippen MR) is 101 cm³/mol. The minimum Gasteiger partial charge on any atom is -0.462 e. The van der Waals surface area contributed by atoms with Gasteiger partial charge in [0.15, 0.2) is 0 Å². The molecular weight excluding hydrogens is 364 g/mol. The molecule has 1 atom stereocenters. The van der Waals surface area contributed by atoms with E-state index in [0.717, 1.165) is 0 Å². The first-order valence-corrected chi connectivity index (χ1v) is 9.29. The molecule has 9 heteroatoms. The van der Waals surface area contributed by atoms with Gasteiger partial charge in [0.1, 0.15) is 0 Å². The lowest BCUT2D eigenvalue weighted by Gasteiger charge is -2.36. The molecule has 3 rings (SSSR count). The van der Waals surface area contributed by atoms with Crippen LogP contribution >= 0.6 is 0 Å². The first-order chi connectivity index (χ1) is 13.4. The molecule has 0 unspecified atom stereocenters. The minimum absolute atomic E-state index is 0.119. The van der Waals surface area contributed by atoms with Crippen molar-refractivity contribution >= 4 is 29.4 Å². The Bertz CT molecular complexity index is 771. The highest BCUT2D eigenvalue weighted by atomic mass is 16.5. The highest BCUT2D eigenvalue weighted by molar-refractivity contribution is 6.22. The summed E-state index contributed by atoms with van der Waals surface area (Å²) in [6, 6.07) is 5.74. The lowest BCUT2D eigenvalue weighted by Crippen LogP contribution is -2.53. The first-order valence-electron chi connectivity index (χ1n) is 9.29. The van der Waals surface area contributed by atoms with Gasteiger partial charge in [0.05, 0.1) is 36.9 Å². The summed E-state index contributed by atoms with van der Waals surface area (Å²) >= 11 is 0. The molecule has 3 amide bonds. The normalized spacial score (nSPS) is 21.2. The van der Waals surface area contributed by atoms with Gasteiger partial charge in [-0.25, -0.2) is 9.69 Å². The number of piperazine rings is 1. The lowest BCUT2D eigenvalue weighted by molar-refractivity contribution is -0.124. The van der Waals surface area contributed by atoms with Gasteiger partial charge in [-0.2, -0.15) is 0 Å². The minimum atomic E-state index is -0.507. The number of carbonyl (C=O) groups excluding carboxylic acids is 4. The van der Waals surface area contributed by atoms with E-state index in [0.29, 0.717) is 37.4 Å². The Morgan fingerprint density at radius 2 is 1.75 bits per heavy atom.